The molecule has 1 aliphatic heterocycles. The minimum Gasteiger partial charge on any atom is -0.375 e. The molecule has 1 aliphatic rings. The maximum absolute atomic E-state index is 13.2. The van der Waals surface area contributed by atoms with E-state index < -0.39 is 29.4 Å². The van der Waals surface area contributed by atoms with E-state index in [2.05, 4.69) is 9.80 Å². The van der Waals surface area contributed by atoms with Crippen LogP contribution in [0.1, 0.15) is 54.0 Å². The van der Waals surface area contributed by atoms with Crippen molar-refractivity contribution in [3.05, 3.63) is 70.8 Å². The van der Waals surface area contributed by atoms with Gasteiger partial charge in [0.2, 0.25) is 5.91 Å². The number of hydrogen-bond donors (Lipinski definition) is 2. The predicted octanol–water partition coefficient (Wildman–Crippen LogP) is 5.67. The summed E-state index contributed by atoms with van der Waals surface area (Å²) in [6.07, 6.45) is -7.07. The number of hydrogen-bond acceptors (Lipinski definition) is 5. The molecule has 0 spiro atoms. The summed E-state index contributed by atoms with van der Waals surface area (Å²) in [6.45, 7) is 3.62. The van der Waals surface area contributed by atoms with Gasteiger partial charge in [0.1, 0.15) is 0 Å². The Labute approximate surface area is 223 Å². The maximum atomic E-state index is 13.2. The number of benzene rings is 2. The van der Waals surface area contributed by atoms with E-state index in [0.29, 0.717) is 18.6 Å². The highest BCUT2D eigenvalue weighted by Gasteiger charge is 2.37. The number of carbonyl (C=O) groups is 1. The highest BCUT2D eigenvalue weighted by molar-refractivity contribution is 5.74. The van der Waals surface area contributed by atoms with Gasteiger partial charge in [-0.1, -0.05) is 36.8 Å². The maximum Gasteiger partial charge on any atom is 0.416 e. The van der Waals surface area contributed by atoms with Crippen molar-refractivity contribution in [1.82, 2.24) is 15.3 Å². The first-order valence-corrected chi connectivity index (χ1v) is 12.8. The average Bonchev–Trinajstić information content (AvgIpc) is 2.90. The molecule has 2 N–H and O–H groups in total. The summed E-state index contributed by atoms with van der Waals surface area (Å²) >= 11 is 0. The first kappa shape index (κ1) is 30.9. The molecule has 0 radical (unpaired) electrons. The number of ether oxygens (including phenoxy) is 1. The molecule has 3 rings (SSSR count). The molecule has 0 bridgehead atoms. The largest absolute Gasteiger partial charge is 0.416 e. The van der Waals surface area contributed by atoms with Crippen LogP contribution in [0.2, 0.25) is 0 Å². The minimum absolute atomic E-state index is 0.106. The summed E-state index contributed by atoms with van der Waals surface area (Å²) in [7, 11) is 0. The van der Waals surface area contributed by atoms with Crippen molar-refractivity contribution in [2.45, 2.75) is 50.7 Å². The number of nitrogens with one attached hydrogen (secondary N) is 1. The Balaban J connectivity index is 1.59. The van der Waals surface area contributed by atoms with Crippen LogP contribution in [0, 0.1) is 0 Å². The van der Waals surface area contributed by atoms with Crippen molar-refractivity contribution in [3.8, 4) is 0 Å². The number of alkyl halides is 6. The topological polar surface area (TPSA) is 65.0 Å². The first-order chi connectivity index (χ1) is 18.5. The molecule has 2 aromatic carbocycles. The summed E-state index contributed by atoms with van der Waals surface area (Å²) in [5.74, 6) is -0.397. The van der Waals surface area contributed by atoms with Gasteiger partial charge < -0.3 is 9.64 Å². The molecule has 6 nitrogen and oxygen atoms in total. The number of halogens is 6. The Morgan fingerprint density at radius 1 is 0.897 bits per heavy atom. The van der Waals surface area contributed by atoms with Crippen LogP contribution in [0.25, 0.3) is 0 Å². The summed E-state index contributed by atoms with van der Waals surface area (Å²) in [4.78, 5) is 15.6. The molecule has 1 heterocycles. The van der Waals surface area contributed by atoms with E-state index in [9.17, 15) is 31.1 Å². The van der Waals surface area contributed by atoms with Crippen LogP contribution in [-0.2, 0) is 28.5 Å². The summed E-state index contributed by atoms with van der Waals surface area (Å²) in [6, 6.07) is 10.8. The number of unbranched alkanes of at least 4 members (excludes halogenated alkanes) is 2. The smallest absolute Gasteiger partial charge is 0.375 e. The number of rotatable bonds is 12. The second-order valence-electron chi connectivity index (χ2n) is 9.58. The van der Waals surface area contributed by atoms with Crippen LogP contribution in [0.15, 0.2) is 48.5 Å². The summed E-state index contributed by atoms with van der Waals surface area (Å²) in [5.41, 5.74) is -0.334. The Morgan fingerprint density at radius 2 is 1.51 bits per heavy atom. The molecule has 1 atom stereocenters. The Morgan fingerprint density at radius 3 is 2.08 bits per heavy atom. The molecule has 2 aromatic rings. The number of amides is 1. The van der Waals surface area contributed by atoms with Gasteiger partial charge in [-0.05, 0) is 48.7 Å². The van der Waals surface area contributed by atoms with Gasteiger partial charge in [-0.3, -0.25) is 14.9 Å². The lowest BCUT2D eigenvalue weighted by Gasteiger charge is -2.39. The van der Waals surface area contributed by atoms with Crippen LogP contribution in [0.4, 0.5) is 26.3 Å². The molecule has 1 amide bonds. The Hall–Kier alpha value is -2.67. The van der Waals surface area contributed by atoms with Crippen LogP contribution in [0.5, 0.6) is 0 Å². The van der Waals surface area contributed by atoms with Crippen LogP contribution in [0.3, 0.4) is 0 Å². The van der Waals surface area contributed by atoms with E-state index in [1.807, 2.05) is 30.3 Å². The molecule has 216 valence electrons. The van der Waals surface area contributed by atoms with E-state index in [-0.39, 0.29) is 37.3 Å². The summed E-state index contributed by atoms with van der Waals surface area (Å²) < 4.78 is 84.9. The highest BCUT2D eigenvalue weighted by Crippen LogP contribution is 2.36. The number of nitrogens with zero attached hydrogens (tertiary/aromatic N) is 2. The second kappa shape index (κ2) is 14.1. The standard InChI is InChI=1S/C27H33F6N3O3/c28-26(29,30)22-15-20(16-23(17-22)27(31,32)33)18-39-19-24(21-7-3-1-4-8-21)36-13-11-35(12-14-36)10-6-2-5-9-25(37)34-38/h1,3-4,7-8,15-17,24,38H,2,5-6,9-14,18-19H2,(H,34,37). The van der Waals surface area contributed by atoms with Crippen molar-refractivity contribution in [2.75, 3.05) is 39.3 Å². The Kier molecular flexibility index (Phi) is 11.2. The molecule has 12 heteroatoms. The van der Waals surface area contributed by atoms with Gasteiger partial charge in [0.05, 0.1) is 30.4 Å². The van der Waals surface area contributed by atoms with E-state index >= 15 is 0 Å². The predicted molar refractivity (Wildman–Crippen MR) is 132 cm³/mol. The van der Waals surface area contributed by atoms with Crippen molar-refractivity contribution in [3.63, 3.8) is 0 Å². The van der Waals surface area contributed by atoms with Crippen molar-refractivity contribution in [1.29, 1.82) is 0 Å². The lowest BCUT2D eigenvalue weighted by Crippen LogP contribution is -2.48. The van der Waals surface area contributed by atoms with Gasteiger partial charge in [-0.15, -0.1) is 0 Å². The zero-order valence-corrected chi connectivity index (χ0v) is 21.4. The molecule has 0 saturated carbocycles. The summed E-state index contributed by atoms with van der Waals surface area (Å²) in [5, 5.41) is 8.54. The number of piperazine rings is 1. The molecular weight excluding hydrogens is 528 g/mol. The molecule has 0 aromatic heterocycles. The zero-order chi connectivity index (χ0) is 28.5. The van der Waals surface area contributed by atoms with E-state index in [1.165, 1.54) is 0 Å². The van der Waals surface area contributed by atoms with Gasteiger partial charge in [0.15, 0.2) is 0 Å². The molecule has 1 saturated heterocycles. The molecular formula is C27H33F6N3O3. The molecule has 1 fully saturated rings. The minimum atomic E-state index is -4.91. The van der Waals surface area contributed by atoms with Gasteiger partial charge in [-0.25, -0.2) is 5.48 Å². The first-order valence-electron chi connectivity index (χ1n) is 12.8. The SMILES string of the molecule is O=C(CCCCCN1CCN(C(COCc2cc(C(F)(F)F)cc(C(F)(F)F)c2)c2ccccc2)CC1)NO. The van der Waals surface area contributed by atoms with Crippen molar-refractivity contribution >= 4 is 5.91 Å². The van der Waals surface area contributed by atoms with Crippen LogP contribution >= 0.6 is 0 Å². The van der Waals surface area contributed by atoms with Crippen molar-refractivity contribution in [2.24, 2.45) is 0 Å². The average molecular weight is 562 g/mol. The van der Waals surface area contributed by atoms with Crippen LogP contribution in [-0.4, -0.2) is 60.2 Å². The van der Waals surface area contributed by atoms with E-state index in [4.69, 9.17) is 9.94 Å². The highest BCUT2D eigenvalue weighted by atomic mass is 19.4. The van der Waals surface area contributed by atoms with Crippen LogP contribution < -0.4 is 5.48 Å². The van der Waals surface area contributed by atoms with Gasteiger partial charge in [0.25, 0.3) is 0 Å². The monoisotopic (exact) mass is 561 g/mol. The lowest BCUT2D eigenvalue weighted by atomic mass is 10.0. The quantitative estimate of drug-likeness (QED) is 0.151. The molecule has 39 heavy (non-hydrogen) atoms. The zero-order valence-electron chi connectivity index (χ0n) is 21.4. The third kappa shape index (κ3) is 9.79. The third-order valence-corrected chi connectivity index (χ3v) is 6.73. The lowest BCUT2D eigenvalue weighted by molar-refractivity contribution is -0.143. The molecule has 1 unspecified atom stereocenters. The van der Waals surface area contributed by atoms with Crippen molar-refractivity contribution < 1.29 is 41.1 Å². The van der Waals surface area contributed by atoms with Gasteiger partial charge >= 0.3 is 12.4 Å². The number of hydroxylamine groups is 1. The molecule has 0 aliphatic carbocycles. The normalized spacial score (nSPS) is 16.3. The van der Waals surface area contributed by atoms with Gasteiger partial charge in [0, 0.05) is 32.6 Å². The fourth-order valence-corrected chi connectivity index (χ4v) is 4.63. The second-order valence-corrected chi connectivity index (χ2v) is 9.58. The van der Waals surface area contributed by atoms with Gasteiger partial charge in [-0.2, -0.15) is 26.3 Å². The number of carbonyl (C=O) groups excluding carboxylic acids is 1. The van der Waals surface area contributed by atoms with E-state index in [0.717, 1.165) is 51.1 Å². The Bertz CT molecular complexity index is 1010. The fourth-order valence-electron chi connectivity index (χ4n) is 4.63. The van der Waals surface area contributed by atoms with E-state index in [1.54, 1.807) is 5.48 Å². The third-order valence-electron chi connectivity index (χ3n) is 6.73. The fraction of sp³-hybridized carbons (Fsp3) is 0.519.